The second kappa shape index (κ2) is 7.99. The van der Waals surface area contributed by atoms with Gasteiger partial charge in [-0.3, -0.25) is 10.1 Å². The van der Waals surface area contributed by atoms with Gasteiger partial charge in [0, 0.05) is 11.3 Å². The molecular weight excluding hydrogens is 412 g/mol. The molecule has 0 saturated heterocycles. The maximum Gasteiger partial charge on any atom is 0.339 e. The third-order valence-electron chi connectivity index (χ3n) is 4.61. The molecule has 0 spiro atoms. The van der Waals surface area contributed by atoms with E-state index in [4.69, 9.17) is 4.18 Å². The number of para-hydroxylation sites is 1. The molecule has 2 aromatic carbocycles. The number of carbonyl (C=O) groups is 1. The molecule has 0 amide bonds. The lowest BCUT2D eigenvalue weighted by atomic mass is 9.83. The molecule has 0 aliphatic carbocycles. The number of allylic oxidation sites excluding steroid dienone is 3. The normalized spacial score (nSPS) is 16.8. The molecule has 2 N–H and O–H groups in total. The molecule has 0 bridgehead atoms. The van der Waals surface area contributed by atoms with Crippen LogP contribution in [-0.4, -0.2) is 24.4 Å². The topological polar surface area (TPSA) is 136 Å². The minimum atomic E-state index is -4.24. The van der Waals surface area contributed by atoms with E-state index < -0.39 is 32.6 Å². The average molecular weight is 430 g/mol. The number of benzene rings is 2. The zero-order valence-corrected chi connectivity index (χ0v) is 16.8. The predicted molar refractivity (Wildman–Crippen MR) is 107 cm³/mol. The van der Waals surface area contributed by atoms with Gasteiger partial charge in [-0.2, -0.15) is 8.42 Å². The summed E-state index contributed by atoms with van der Waals surface area (Å²) < 4.78 is 30.7. The second-order valence-corrected chi connectivity index (χ2v) is 8.10. The fourth-order valence-corrected chi connectivity index (χ4v) is 4.33. The summed E-state index contributed by atoms with van der Waals surface area (Å²) in [6, 6.07) is 13.2. The maximum atomic E-state index is 12.7. The number of nitro groups is 1. The van der Waals surface area contributed by atoms with Crippen LogP contribution < -0.4 is 9.50 Å². The van der Waals surface area contributed by atoms with Crippen LogP contribution in [0.5, 0.6) is 5.75 Å². The SMILES string of the molecule is CC1=C(C(=O)O)C(c2ccccc2OS(=O)(=O)c2ccccc2)C([N+](=O)[O-])=C(C)N1. The van der Waals surface area contributed by atoms with Gasteiger partial charge in [0.25, 0.3) is 5.70 Å². The van der Waals surface area contributed by atoms with Crippen molar-refractivity contribution in [2.45, 2.75) is 24.7 Å². The molecule has 30 heavy (non-hydrogen) atoms. The van der Waals surface area contributed by atoms with E-state index in [-0.39, 0.29) is 33.2 Å². The average Bonchev–Trinajstić information content (AvgIpc) is 2.67. The Balaban J connectivity index is 2.18. The number of nitrogens with one attached hydrogen (secondary N) is 1. The molecule has 10 heteroatoms. The Kier molecular flexibility index (Phi) is 5.61. The van der Waals surface area contributed by atoms with Gasteiger partial charge in [-0.1, -0.05) is 36.4 Å². The number of hydrogen-bond acceptors (Lipinski definition) is 7. The Morgan fingerprint density at radius 2 is 1.67 bits per heavy atom. The van der Waals surface area contributed by atoms with E-state index >= 15 is 0 Å². The highest BCUT2D eigenvalue weighted by atomic mass is 32.2. The van der Waals surface area contributed by atoms with Gasteiger partial charge in [-0.05, 0) is 32.0 Å². The van der Waals surface area contributed by atoms with Gasteiger partial charge in [0.1, 0.15) is 16.6 Å². The molecule has 0 saturated carbocycles. The molecular formula is C20H18N2O7S. The van der Waals surface area contributed by atoms with Gasteiger partial charge >= 0.3 is 16.1 Å². The molecule has 2 aromatic rings. The summed E-state index contributed by atoms with van der Waals surface area (Å²) in [5, 5.41) is 24.2. The predicted octanol–water partition coefficient (Wildman–Crippen LogP) is 3.01. The van der Waals surface area contributed by atoms with Crippen LogP contribution in [0.4, 0.5) is 0 Å². The number of carboxylic acids is 1. The lowest BCUT2D eigenvalue weighted by molar-refractivity contribution is -0.431. The molecule has 1 atom stereocenters. The minimum Gasteiger partial charge on any atom is -0.478 e. The van der Waals surface area contributed by atoms with Crippen molar-refractivity contribution in [3.63, 3.8) is 0 Å². The van der Waals surface area contributed by atoms with E-state index in [1.54, 1.807) is 6.07 Å². The van der Waals surface area contributed by atoms with Crippen LogP contribution in [0.25, 0.3) is 0 Å². The summed E-state index contributed by atoms with van der Waals surface area (Å²) >= 11 is 0. The summed E-state index contributed by atoms with van der Waals surface area (Å²) in [5.41, 5.74) is -0.225. The largest absolute Gasteiger partial charge is 0.478 e. The molecule has 156 valence electrons. The summed E-state index contributed by atoms with van der Waals surface area (Å²) in [4.78, 5) is 22.9. The lowest BCUT2D eigenvalue weighted by Gasteiger charge is -2.26. The Bertz CT molecular complexity index is 1150. The molecule has 0 aromatic heterocycles. The van der Waals surface area contributed by atoms with Crippen molar-refractivity contribution in [1.29, 1.82) is 0 Å². The quantitative estimate of drug-likeness (QED) is 0.405. The van der Waals surface area contributed by atoms with Gasteiger partial charge in [-0.15, -0.1) is 0 Å². The summed E-state index contributed by atoms with van der Waals surface area (Å²) in [6.45, 7) is 2.94. The van der Waals surface area contributed by atoms with Crippen LogP contribution in [0.1, 0.15) is 25.3 Å². The van der Waals surface area contributed by atoms with Crippen molar-refractivity contribution in [3.8, 4) is 5.75 Å². The number of aliphatic carboxylic acids is 1. The van der Waals surface area contributed by atoms with Crippen LogP contribution >= 0.6 is 0 Å². The maximum absolute atomic E-state index is 12.7. The summed E-state index contributed by atoms with van der Waals surface area (Å²) in [5.74, 6) is -2.88. The highest BCUT2D eigenvalue weighted by Crippen LogP contribution is 2.42. The number of dihydropyridines is 1. The minimum absolute atomic E-state index is 0.0568. The Hall–Kier alpha value is -3.66. The van der Waals surface area contributed by atoms with E-state index in [2.05, 4.69) is 5.32 Å². The highest BCUT2D eigenvalue weighted by Gasteiger charge is 2.42. The molecule has 1 aliphatic rings. The Morgan fingerprint density at radius 3 is 2.27 bits per heavy atom. The molecule has 1 aliphatic heterocycles. The first-order valence-electron chi connectivity index (χ1n) is 8.78. The molecule has 0 fully saturated rings. The Morgan fingerprint density at radius 1 is 1.07 bits per heavy atom. The number of hydrogen-bond donors (Lipinski definition) is 2. The molecule has 0 radical (unpaired) electrons. The van der Waals surface area contributed by atoms with Gasteiger partial charge in [0.2, 0.25) is 0 Å². The van der Waals surface area contributed by atoms with E-state index in [1.807, 2.05) is 0 Å². The van der Waals surface area contributed by atoms with E-state index in [0.29, 0.717) is 0 Å². The standard InChI is InChI=1S/C20H18N2O7S/c1-12-17(20(23)24)18(19(22(25)26)13(2)21-12)15-10-6-7-11-16(15)29-30(27,28)14-8-4-3-5-9-14/h3-11,18,21H,1-2H3,(H,23,24). The van der Waals surface area contributed by atoms with E-state index in [9.17, 15) is 28.4 Å². The van der Waals surface area contributed by atoms with Gasteiger partial charge < -0.3 is 14.6 Å². The van der Waals surface area contributed by atoms with Gasteiger partial charge in [-0.25, -0.2) is 4.79 Å². The first-order valence-corrected chi connectivity index (χ1v) is 10.2. The van der Waals surface area contributed by atoms with E-state index in [1.165, 1.54) is 62.4 Å². The first kappa shape index (κ1) is 21.1. The van der Waals surface area contributed by atoms with Gasteiger partial charge in [0.05, 0.1) is 16.2 Å². The van der Waals surface area contributed by atoms with Crippen molar-refractivity contribution in [2.24, 2.45) is 0 Å². The van der Waals surface area contributed by atoms with Crippen molar-refractivity contribution in [3.05, 3.63) is 92.9 Å². The zero-order valence-electron chi connectivity index (χ0n) is 16.0. The Labute approximate surface area is 172 Å². The number of nitrogens with zero attached hydrogens (tertiary/aromatic N) is 1. The summed E-state index contributed by atoms with van der Waals surface area (Å²) in [6.07, 6.45) is 0. The van der Waals surface area contributed by atoms with Crippen molar-refractivity contribution < 1.29 is 27.4 Å². The second-order valence-electron chi connectivity index (χ2n) is 6.56. The van der Waals surface area contributed by atoms with Crippen molar-refractivity contribution in [1.82, 2.24) is 5.32 Å². The molecule has 3 rings (SSSR count). The van der Waals surface area contributed by atoms with Crippen molar-refractivity contribution in [2.75, 3.05) is 0 Å². The molecule has 9 nitrogen and oxygen atoms in total. The first-order chi connectivity index (χ1) is 14.1. The van der Waals surface area contributed by atoms with Gasteiger partial charge in [0.15, 0.2) is 0 Å². The van der Waals surface area contributed by atoms with Crippen molar-refractivity contribution >= 4 is 16.1 Å². The highest BCUT2D eigenvalue weighted by molar-refractivity contribution is 7.87. The fourth-order valence-electron chi connectivity index (χ4n) is 3.36. The van der Waals surface area contributed by atoms with Crippen LogP contribution in [-0.2, 0) is 14.9 Å². The van der Waals surface area contributed by atoms with Crippen LogP contribution in [0.15, 0.2) is 82.2 Å². The lowest BCUT2D eigenvalue weighted by Crippen LogP contribution is -2.31. The number of carboxylic acid groups (broad SMARTS) is 1. The fraction of sp³-hybridized carbons (Fsp3) is 0.150. The van der Waals surface area contributed by atoms with Crippen LogP contribution in [0.2, 0.25) is 0 Å². The third-order valence-corrected chi connectivity index (χ3v) is 5.86. The monoisotopic (exact) mass is 430 g/mol. The van der Waals surface area contributed by atoms with Crippen LogP contribution in [0, 0.1) is 10.1 Å². The molecule has 1 heterocycles. The van der Waals surface area contributed by atoms with Crippen LogP contribution in [0.3, 0.4) is 0 Å². The third kappa shape index (κ3) is 3.90. The van der Waals surface area contributed by atoms with E-state index in [0.717, 1.165) is 0 Å². The summed E-state index contributed by atoms with van der Waals surface area (Å²) in [7, 11) is -4.24. The smallest absolute Gasteiger partial charge is 0.339 e. The zero-order chi connectivity index (χ0) is 22.1. The molecule has 1 unspecified atom stereocenters. The number of rotatable bonds is 6.